The van der Waals surface area contributed by atoms with Gasteiger partial charge in [0.1, 0.15) is 5.76 Å². The van der Waals surface area contributed by atoms with Gasteiger partial charge < -0.3 is 14.5 Å². The first-order valence-electron chi connectivity index (χ1n) is 6.44. The summed E-state index contributed by atoms with van der Waals surface area (Å²) in [5.74, 6) is 0.132. The van der Waals surface area contributed by atoms with E-state index in [0.29, 0.717) is 17.1 Å². The smallest absolute Gasteiger partial charge is 0.372 e. The van der Waals surface area contributed by atoms with E-state index in [-0.39, 0.29) is 5.76 Å². The number of nitrogens with zero attached hydrogens (tertiary/aromatic N) is 1. The van der Waals surface area contributed by atoms with E-state index in [9.17, 15) is 4.79 Å². The lowest BCUT2D eigenvalue weighted by Gasteiger charge is -1.94. The Labute approximate surface area is 125 Å². The molecule has 6 heteroatoms. The predicted molar refractivity (Wildman–Crippen MR) is 80.8 cm³/mol. The Kier molecular flexibility index (Phi) is 3.47. The van der Waals surface area contributed by atoms with Crippen molar-refractivity contribution in [1.29, 1.82) is 0 Å². The van der Waals surface area contributed by atoms with Crippen molar-refractivity contribution < 1.29 is 14.3 Å². The number of rotatable bonds is 4. The van der Waals surface area contributed by atoms with Crippen LogP contribution in [0.15, 0.2) is 33.8 Å². The number of imidazole rings is 1. The highest BCUT2D eigenvalue weighted by atomic mass is 32.2. The van der Waals surface area contributed by atoms with Crippen molar-refractivity contribution in [2.45, 2.75) is 24.8 Å². The van der Waals surface area contributed by atoms with Gasteiger partial charge in [-0.05, 0) is 37.6 Å². The van der Waals surface area contributed by atoms with Crippen LogP contribution in [0.5, 0.6) is 0 Å². The number of carbonyl (C=O) groups is 1. The summed E-state index contributed by atoms with van der Waals surface area (Å²) < 4.78 is 5.33. The van der Waals surface area contributed by atoms with E-state index in [1.54, 1.807) is 13.0 Å². The number of furan rings is 1. The quantitative estimate of drug-likeness (QED) is 0.717. The summed E-state index contributed by atoms with van der Waals surface area (Å²) in [4.78, 5) is 18.7. The molecule has 108 valence electrons. The Hall–Kier alpha value is -2.21. The maximum Gasteiger partial charge on any atom is 0.372 e. The molecule has 3 rings (SSSR count). The highest BCUT2D eigenvalue weighted by Crippen LogP contribution is 2.25. The van der Waals surface area contributed by atoms with Crippen molar-refractivity contribution >= 4 is 28.8 Å². The molecule has 1 aromatic carbocycles. The molecule has 0 unspecified atom stereocenters. The van der Waals surface area contributed by atoms with Crippen LogP contribution in [0.25, 0.3) is 11.0 Å². The number of thioether (sulfide) groups is 1. The lowest BCUT2D eigenvalue weighted by molar-refractivity contribution is 0.0659. The Morgan fingerprint density at radius 2 is 2.19 bits per heavy atom. The van der Waals surface area contributed by atoms with Gasteiger partial charge in [0.15, 0.2) is 5.16 Å². The first-order chi connectivity index (χ1) is 10.0. The number of nitrogens with one attached hydrogen (secondary N) is 1. The number of H-pyrrole nitrogens is 1. The largest absolute Gasteiger partial charge is 0.475 e. The maximum atomic E-state index is 10.9. The molecule has 0 atom stereocenters. The van der Waals surface area contributed by atoms with Crippen LogP contribution in [0.1, 0.15) is 27.4 Å². The summed E-state index contributed by atoms with van der Waals surface area (Å²) >= 11 is 1.49. The third-order valence-electron chi connectivity index (χ3n) is 3.13. The second-order valence-corrected chi connectivity index (χ2v) is 5.85. The third-order valence-corrected chi connectivity index (χ3v) is 4.03. The number of aromatic carboxylic acids is 1. The SMILES string of the molecule is Cc1ccc2nc(SCc3cc(C)c(C(=O)O)o3)[nH]c2c1. The van der Waals surface area contributed by atoms with Crippen molar-refractivity contribution in [2.75, 3.05) is 0 Å². The first kappa shape index (κ1) is 13.8. The monoisotopic (exact) mass is 302 g/mol. The number of benzene rings is 1. The number of fused-ring (bicyclic) bond motifs is 1. The lowest BCUT2D eigenvalue weighted by atomic mass is 10.2. The van der Waals surface area contributed by atoms with E-state index in [4.69, 9.17) is 9.52 Å². The maximum absolute atomic E-state index is 10.9. The van der Waals surface area contributed by atoms with Crippen molar-refractivity contribution in [1.82, 2.24) is 9.97 Å². The minimum Gasteiger partial charge on any atom is -0.475 e. The second-order valence-electron chi connectivity index (χ2n) is 4.88. The van der Waals surface area contributed by atoms with E-state index >= 15 is 0 Å². The molecule has 0 amide bonds. The summed E-state index contributed by atoms with van der Waals surface area (Å²) in [6.45, 7) is 3.76. The van der Waals surface area contributed by atoms with Crippen molar-refractivity contribution in [3.63, 3.8) is 0 Å². The molecule has 2 heterocycles. The molecule has 5 nitrogen and oxygen atoms in total. The molecule has 2 aromatic heterocycles. The van der Waals surface area contributed by atoms with Gasteiger partial charge in [0.2, 0.25) is 5.76 Å². The minimum absolute atomic E-state index is 0.00540. The number of aryl methyl sites for hydroxylation is 2. The van der Waals surface area contributed by atoms with Gasteiger partial charge in [-0.2, -0.15) is 0 Å². The fourth-order valence-corrected chi connectivity index (χ4v) is 2.91. The summed E-state index contributed by atoms with van der Waals surface area (Å²) in [6.07, 6.45) is 0. The number of carboxylic acids is 1. The molecular formula is C15H14N2O3S. The van der Waals surface area contributed by atoms with Gasteiger partial charge in [0, 0.05) is 5.56 Å². The van der Waals surface area contributed by atoms with E-state index in [1.807, 2.05) is 25.1 Å². The normalized spacial score (nSPS) is 11.1. The lowest BCUT2D eigenvalue weighted by Crippen LogP contribution is -1.94. The molecule has 2 N–H and O–H groups in total. The van der Waals surface area contributed by atoms with Crippen LogP contribution in [0.3, 0.4) is 0 Å². The van der Waals surface area contributed by atoms with Gasteiger partial charge in [-0.3, -0.25) is 0 Å². The zero-order valence-electron chi connectivity index (χ0n) is 11.6. The third kappa shape index (κ3) is 2.80. The number of carboxylic acid groups (broad SMARTS) is 1. The van der Waals surface area contributed by atoms with Gasteiger partial charge in [-0.1, -0.05) is 17.8 Å². The van der Waals surface area contributed by atoms with E-state index in [1.165, 1.54) is 17.3 Å². The summed E-state index contributed by atoms with van der Waals surface area (Å²) in [6, 6.07) is 7.80. The zero-order valence-corrected chi connectivity index (χ0v) is 12.5. The van der Waals surface area contributed by atoms with E-state index in [2.05, 4.69) is 9.97 Å². The molecular weight excluding hydrogens is 288 g/mol. The van der Waals surface area contributed by atoms with Crippen LogP contribution >= 0.6 is 11.8 Å². The molecule has 0 aliphatic heterocycles. The summed E-state index contributed by atoms with van der Waals surface area (Å²) in [7, 11) is 0. The molecule has 0 aliphatic carbocycles. The van der Waals surface area contributed by atoms with Gasteiger partial charge in [-0.25, -0.2) is 9.78 Å². The van der Waals surface area contributed by atoms with E-state index < -0.39 is 5.97 Å². The van der Waals surface area contributed by atoms with Gasteiger partial charge in [0.25, 0.3) is 0 Å². The van der Waals surface area contributed by atoms with Crippen molar-refractivity contribution in [3.05, 3.63) is 46.9 Å². The standard InChI is InChI=1S/C15H14N2O3S/c1-8-3-4-11-12(5-8)17-15(16-11)21-7-10-6-9(2)13(20-10)14(18)19/h3-6H,7H2,1-2H3,(H,16,17)(H,18,19). The second kappa shape index (κ2) is 5.29. The topological polar surface area (TPSA) is 79.1 Å². The van der Waals surface area contributed by atoms with Crippen LogP contribution in [0.2, 0.25) is 0 Å². The summed E-state index contributed by atoms with van der Waals surface area (Å²) in [5, 5.41) is 9.76. The van der Waals surface area contributed by atoms with Crippen molar-refractivity contribution in [2.24, 2.45) is 0 Å². The van der Waals surface area contributed by atoms with Crippen molar-refractivity contribution in [3.8, 4) is 0 Å². The van der Waals surface area contributed by atoms with Crippen LogP contribution in [-0.2, 0) is 5.75 Å². The van der Waals surface area contributed by atoms with Gasteiger partial charge in [-0.15, -0.1) is 0 Å². The molecule has 0 spiro atoms. The highest BCUT2D eigenvalue weighted by molar-refractivity contribution is 7.98. The Morgan fingerprint density at radius 3 is 2.90 bits per heavy atom. The molecule has 0 fully saturated rings. The minimum atomic E-state index is -1.04. The predicted octanol–water partition coefficient (Wildman–Crippen LogP) is 3.76. The number of aromatic amines is 1. The Morgan fingerprint density at radius 1 is 1.38 bits per heavy atom. The van der Waals surface area contributed by atoms with Gasteiger partial charge >= 0.3 is 5.97 Å². The Balaban J connectivity index is 1.77. The number of hydrogen-bond acceptors (Lipinski definition) is 4. The molecule has 3 aromatic rings. The van der Waals surface area contributed by atoms with Gasteiger partial charge in [0.05, 0.1) is 16.8 Å². The molecule has 21 heavy (non-hydrogen) atoms. The fourth-order valence-electron chi connectivity index (χ4n) is 2.14. The summed E-state index contributed by atoms with van der Waals surface area (Å²) in [5.41, 5.74) is 3.73. The average Bonchev–Trinajstić information content (AvgIpc) is 2.99. The van der Waals surface area contributed by atoms with Crippen LogP contribution in [0.4, 0.5) is 0 Å². The van der Waals surface area contributed by atoms with Crippen LogP contribution in [0, 0.1) is 13.8 Å². The molecule has 0 aliphatic rings. The Bertz CT molecular complexity index is 820. The van der Waals surface area contributed by atoms with Crippen LogP contribution in [-0.4, -0.2) is 21.0 Å². The van der Waals surface area contributed by atoms with E-state index in [0.717, 1.165) is 16.2 Å². The first-order valence-corrected chi connectivity index (χ1v) is 7.43. The molecule has 0 saturated carbocycles. The highest BCUT2D eigenvalue weighted by Gasteiger charge is 2.14. The molecule has 0 bridgehead atoms. The van der Waals surface area contributed by atoms with Crippen LogP contribution < -0.4 is 0 Å². The zero-order chi connectivity index (χ0) is 15.0. The molecule has 0 radical (unpaired) electrons. The number of aromatic nitrogens is 2. The molecule has 0 saturated heterocycles. The average molecular weight is 302 g/mol. The number of hydrogen-bond donors (Lipinski definition) is 2. The fraction of sp³-hybridized carbons (Fsp3) is 0.200.